The highest BCUT2D eigenvalue weighted by Gasteiger charge is 2.36. The predicted molar refractivity (Wildman–Crippen MR) is 138 cm³/mol. The third kappa shape index (κ3) is 6.94. The van der Waals surface area contributed by atoms with Gasteiger partial charge in [-0.15, -0.1) is 0 Å². The fourth-order valence-electron chi connectivity index (χ4n) is 3.90. The number of nitriles is 1. The Bertz CT molecular complexity index is 1240. The second kappa shape index (κ2) is 11.9. The lowest BCUT2D eigenvalue weighted by atomic mass is 9.85. The molecule has 0 spiro atoms. The van der Waals surface area contributed by atoms with Crippen LogP contribution in [0, 0.1) is 11.3 Å². The van der Waals surface area contributed by atoms with Gasteiger partial charge in [-0.05, 0) is 68.1 Å². The number of hydrogen-bond donors (Lipinski definition) is 2. The Morgan fingerprint density at radius 1 is 1.03 bits per heavy atom. The van der Waals surface area contributed by atoms with E-state index in [2.05, 4.69) is 11.4 Å². The smallest absolute Gasteiger partial charge is 0.340 e. The maximum Gasteiger partial charge on any atom is 0.340 e. The lowest BCUT2D eigenvalue weighted by Crippen LogP contribution is -2.50. The fraction of sp³-hybridized carbons (Fsp3) is 0.276. The third-order valence-corrected chi connectivity index (χ3v) is 6.27. The van der Waals surface area contributed by atoms with Crippen LogP contribution in [0.5, 0.6) is 0 Å². The van der Waals surface area contributed by atoms with Gasteiger partial charge in [-0.25, -0.2) is 4.79 Å². The van der Waals surface area contributed by atoms with Crippen LogP contribution in [0.2, 0.25) is 5.02 Å². The van der Waals surface area contributed by atoms with Crippen molar-refractivity contribution in [1.82, 2.24) is 5.32 Å². The average Bonchev–Trinajstić information content (AvgIpc) is 2.88. The molecule has 36 heavy (non-hydrogen) atoms. The van der Waals surface area contributed by atoms with E-state index >= 15 is 0 Å². The minimum atomic E-state index is -1.53. The third-order valence-electron chi connectivity index (χ3n) is 6.02. The summed E-state index contributed by atoms with van der Waals surface area (Å²) < 4.78 is 5.41. The van der Waals surface area contributed by atoms with Crippen LogP contribution in [-0.2, 0) is 20.7 Å². The van der Waals surface area contributed by atoms with Gasteiger partial charge in [0.25, 0.3) is 5.91 Å². The lowest BCUT2D eigenvalue weighted by molar-refractivity contribution is -0.173. The van der Waals surface area contributed by atoms with Crippen LogP contribution < -0.4 is 5.32 Å². The summed E-state index contributed by atoms with van der Waals surface area (Å²) in [4.78, 5) is 25.7. The van der Waals surface area contributed by atoms with E-state index in [9.17, 15) is 20.0 Å². The standard InChI is InChI=1S/C29H29ClN2O4/c1-19(32-28(35)29(2,3)36-27(34)26(33)22-9-5-4-6-10-22)25(17-20-12-14-24(30)15-13-20)23-11-7-8-21(16-23)18-31/h4-16,19,25-26,33H,17H2,1-3H3,(H,32,35)/t19-,25+,26?/m0/s1. The summed E-state index contributed by atoms with van der Waals surface area (Å²) in [6, 6.07) is 24.9. The number of aliphatic hydroxyl groups excluding tert-OH is 1. The summed E-state index contributed by atoms with van der Waals surface area (Å²) in [7, 11) is 0. The van der Waals surface area contributed by atoms with E-state index in [0.29, 0.717) is 22.6 Å². The van der Waals surface area contributed by atoms with Crippen molar-refractivity contribution in [3.8, 4) is 6.07 Å². The largest absolute Gasteiger partial charge is 0.447 e. The van der Waals surface area contributed by atoms with Gasteiger partial charge in [0.05, 0.1) is 11.6 Å². The summed E-state index contributed by atoms with van der Waals surface area (Å²) in [6.07, 6.45) is -0.914. The van der Waals surface area contributed by atoms with E-state index in [1.54, 1.807) is 36.4 Å². The maximum atomic E-state index is 13.2. The highest BCUT2D eigenvalue weighted by molar-refractivity contribution is 6.30. The van der Waals surface area contributed by atoms with Crippen molar-refractivity contribution in [3.63, 3.8) is 0 Å². The van der Waals surface area contributed by atoms with E-state index < -0.39 is 23.6 Å². The van der Waals surface area contributed by atoms with E-state index in [1.165, 1.54) is 13.8 Å². The molecule has 3 aromatic carbocycles. The number of benzene rings is 3. The number of aliphatic hydroxyl groups is 1. The van der Waals surface area contributed by atoms with Crippen LogP contribution in [0.3, 0.4) is 0 Å². The summed E-state index contributed by atoms with van der Waals surface area (Å²) in [5, 5.41) is 23.3. The topological polar surface area (TPSA) is 99.4 Å². The number of carbonyl (C=O) groups is 2. The Morgan fingerprint density at radius 2 is 1.67 bits per heavy atom. The highest BCUT2D eigenvalue weighted by atomic mass is 35.5. The van der Waals surface area contributed by atoms with E-state index in [-0.39, 0.29) is 12.0 Å². The first-order chi connectivity index (χ1) is 17.1. The number of esters is 1. The van der Waals surface area contributed by atoms with Crippen LogP contribution in [0.4, 0.5) is 0 Å². The van der Waals surface area contributed by atoms with Crippen LogP contribution in [-0.4, -0.2) is 28.6 Å². The molecule has 0 bridgehead atoms. The SMILES string of the molecule is C[C@H](NC(=O)C(C)(C)OC(=O)C(O)c1ccccc1)[C@@H](Cc1ccc(Cl)cc1)c1cccc(C#N)c1. The minimum Gasteiger partial charge on any atom is -0.447 e. The molecule has 1 amide bonds. The van der Waals surface area contributed by atoms with Gasteiger partial charge in [0.15, 0.2) is 11.7 Å². The lowest BCUT2D eigenvalue weighted by Gasteiger charge is -2.31. The molecule has 0 fully saturated rings. The van der Waals surface area contributed by atoms with E-state index in [1.807, 2.05) is 49.4 Å². The molecular formula is C29H29ClN2O4. The van der Waals surface area contributed by atoms with Gasteiger partial charge in [-0.3, -0.25) is 4.79 Å². The van der Waals surface area contributed by atoms with Crippen molar-refractivity contribution in [1.29, 1.82) is 5.26 Å². The molecule has 6 nitrogen and oxygen atoms in total. The zero-order valence-corrected chi connectivity index (χ0v) is 21.2. The molecule has 0 heterocycles. The summed E-state index contributed by atoms with van der Waals surface area (Å²) in [5.74, 6) is -1.58. The predicted octanol–water partition coefficient (Wildman–Crippen LogP) is 5.10. The Kier molecular flexibility index (Phi) is 8.87. The van der Waals surface area contributed by atoms with Crippen molar-refractivity contribution in [2.45, 2.75) is 50.9 Å². The number of nitrogens with one attached hydrogen (secondary N) is 1. The summed E-state index contributed by atoms with van der Waals surface area (Å²) >= 11 is 6.04. The normalized spacial score (nSPS) is 13.7. The number of ether oxygens (including phenoxy) is 1. The molecule has 3 atom stereocenters. The zero-order chi connectivity index (χ0) is 26.3. The van der Waals surface area contributed by atoms with E-state index in [0.717, 1.165) is 11.1 Å². The van der Waals surface area contributed by atoms with Crippen molar-refractivity contribution in [3.05, 3.63) is 106 Å². The Morgan fingerprint density at radius 3 is 2.31 bits per heavy atom. The monoisotopic (exact) mass is 504 g/mol. The van der Waals surface area contributed by atoms with E-state index in [4.69, 9.17) is 16.3 Å². The molecule has 0 saturated carbocycles. The van der Waals surface area contributed by atoms with Crippen molar-refractivity contribution >= 4 is 23.5 Å². The number of rotatable bonds is 9. The molecule has 3 rings (SSSR count). The first-order valence-corrected chi connectivity index (χ1v) is 12.0. The maximum absolute atomic E-state index is 13.2. The molecule has 7 heteroatoms. The molecular weight excluding hydrogens is 476 g/mol. The molecule has 0 aliphatic heterocycles. The van der Waals surface area contributed by atoms with Crippen LogP contribution >= 0.6 is 11.6 Å². The van der Waals surface area contributed by atoms with Gasteiger partial charge in [0.1, 0.15) is 0 Å². The van der Waals surface area contributed by atoms with Crippen molar-refractivity contribution in [2.75, 3.05) is 0 Å². The molecule has 0 radical (unpaired) electrons. The summed E-state index contributed by atoms with van der Waals surface area (Å²) in [5.41, 5.74) is 1.29. The number of nitrogens with zero attached hydrogens (tertiary/aromatic N) is 1. The number of carbonyl (C=O) groups excluding carboxylic acids is 2. The molecule has 1 unspecified atom stereocenters. The first-order valence-electron chi connectivity index (χ1n) is 11.6. The van der Waals surface area contributed by atoms with Crippen molar-refractivity contribution in [2.24, 2.45) is 0 Å². The Balaban J connectivity index is 1.77. The Labute approximate surface area is 216 Å². The minimum absolute atomic E-state index is 0.176. The van der Waals surface area contributed by atoms with Gasteiger partial charge >= 0.3 is 5.97 Å². The van der Waals surface area contributed by atoms with Crippen LogP contribution in [0.1, 0.15) is 55.0 Å². The fourth-order valence-corrected chi connectivity index (χ4v) is 4.03. The average molecular weight is 505 g/mol. The molecule has 0 aliphatic rings. The highest BCUT2D eigenvalue weighted by Crippen LogP contribution is 2.27. The van der Waals surface area contributed by atoms with Gasteiger partial charge in [-0.2, -0.15) is 5.26 Å². The van der Waals surface area contributed by atoms with Crippen molar-refractivity contribution < 1.29 is 19.4 Å². The number of hydrogen-bond acceptors (Lipinski definition) is 5. The quantitative estimate of drug-likeness (QED) is 0.395. The van der Waals surface area contributed by atoms with Gasteiger partial charge in [0.2, 0.25) is 0 Å². The van der Waals surface area contributed by atoms with Gasteiger partial charge < -0.3 is 15.2 Å². The molecule has 186 valence electrons. The second-order valence-electron chi connectivity index (χ2n) is 9.18. The van der Waals surface area contributed by atoms with Crippen LogP contribution in [0.15, 0.2) is 78.9 Å². The number of amides is 1. The van der Waals surface area contributed by atoms with Gasteiger partial charge in [-0.1, -0.05) is 66.2 Å². The molecule has 0 aliphatic carbocycles. The van der Waals surface area contributed by atoms with Gasteiger partial charge in [0, 0.05) is 17.0 Å². The molecule has 0 aromatic heterocycles. The molecule has 0 saturated heterocycles. The number of halogens is 1. The zero-order valence-electron chi connectivity index (χ0n) is 20.4. The Hall–Kier alpha value is -3.66. The first kappa shape index (κ1) is 26.9. The van der Waals surface area contributed by atoms with Crippen LogP contribution in [0.25, 0.3) is 0 Å². The summed E-state index contributed by atoms with van der Waals surface area (Å²) in [6.45, 7) is 4.83. The molecule has 2 N–H and O–H groups in total. The molecule has 3 aromatic rings. The second-order valence-corrected chi connectivity index (χ2v) is 9.62.